The number of carbonyl (C=O) groups excluding carboxylic acids is 1. The summed E-state index contributed by atoms with van der Waals surface area (Å²) in [5.41, 5.74) is 3.21. The van der Waals surface area contributed by atoms with Gasteiger partial charge in [-0.15, -0.1) is 5.10 Å². The summed E-state index contributed by atoms with van der Waals surface area (Å²) in [6, 6.07) is 15.8. The Bertz CT molecular complexity index is 1780. The average molecular weight is 762 g/mol. The molecular weight excluding hydrogens is 725 g/mol. The number of ether oxygens (including phenoxy) is 3. The Morgan fingerprint density at radius 3 is 2.55 bits per heavy atom. The minimum absolute atomic E-state index is 0.193. The van der Waals surface area contributed by atoms with Crippen molar-refractivity contribution in [1.29, 1.82) is 0 Å². The fourth-order valence-electron chi connectivity index (χ4n) is 5.08. The SMILES string of the molecule is CCCCSc1nc2n(n1)C(c1cc(Br)c(OCc3ccc(Cl)cc3Cl)c(OCC)c1)C(C(=O)Nc1ccccc1OCC)=C(C)N2. The quantitative estimate of drug-likeness (QED) is 0.0969. The van der Waals surface area contributed by atoms with Crippen molar-refractivity contribution in [3.8, 4) is 17.2 Å². The van der Waals surface area contributed by atoms with Crippen LogP contribution in [-0.2, 0) is 11.4 Å². The predicted octanol–water partition coefficient (Wildman–Crippen LogP) is 9.54. The monoisotopic (exact) mass is 759 g/mol. The van der Waals surface area contributed by atoms with Gasteiger partial charge in [0.25, 0.3) is 5.91 Å². The molecule has 0 saturated carbocycles. The molecule has 0 spiro atoms. The number of hydrogen-bond donors (Lipinski definition) is 2. The lowest BCUT2D eigenvalue weighted by atomic mass is 9.94. The second kappa shape index (κ2) is 16.1. The van der Waals surface area contributed by atoms with Crippen molar-refractivity contribution in [3.63, 3.8) is 0 Å². The smallest absolute Gasteiger partial charge is 0.255 e. The first-order valence-corrected chi connectivity index (χ1v) is 17.9. The van der Waals surface area contributed by atoms with Crippen LogP contribution < -0.4 is 24.8 Å². The van der Waals surface area contributed by atoms with Crippen LogP contribution in [0.4, 0.5) is 11.6 Å². The third kappa shape index (κ3) is 8.20. The molecule has 248 valence electrons. The zero-order valence-electron chi connectivity index (χ0n) is 26.5. The van der Waals surface area contributed by atoms with Gasteiger partial charge in [0, 0.05) is 27.1 Å². The number of halogens is 3. The summed E-state index contributed by atoms with van der Waals surface area (Å²) in [4.78, 5) is 19.0. The molecule has 2 heterocycles. The summed E-state index contributed by atoms with van der Waals surface area (Å²) in [5, 5.41) is 12.9. The van der Waals surface area contributed by atoms with E-state index >= 15 is 0 Å². The Balaban J connectivity index is 1.56. The fraction of sp³-hybridized carbons (Fsp3) is 0.324. The number of allylic oxidation sites excluding steroid dienone is 1. The van der Waals surface area contributed by atoms with Gasteiger partial charge in [0.15, 0.2) is 11.5 Å². The standard InChI is InChI=1S/C34H36BrCl2N5O4S/c1-5-8-15-47-34-40-33-38-20(4)29(32(43)39-26-11-9-10-12-27(26)44-6-2)30(42(33)41-34)22-16-24(35)31(28(17-22)45-7-3)46-19-21-13-14-23(36)18-25(21)37/h9-14,16-18,30H,5-8,15,19H2,1-4H3,(H,39,43)(H,38,40,41). The lowest BCUT2D eigenvalue weighted by Crippen LogP contribution is -2.31. The highest BCUT2D eigenvalue weighted by atomic mass is 79.9. The maximum absolute atomic E-state index is 14.2. The normalized spacial score (nSPS) is 14.0. The highest BCUT2D eigenvalue weighted by molar-refractivity contribution is 9.10. The summed E-state index contributed by atoms with van der Waals surface area (Å²) in [5.74, 6) is 2.72. The van der Waals surface area contributed by atoms with Crippen LogP contribution in [0.25, 0.3) is 0 Å². The minimum Gasteiger partial charge on any atom is -0.492 e. The van der Waals surface area contributed by atoms with Crippen molar-refractivity contribution in [2.75, 3.05) is 29.6 Å². The molecule has 1 unspecified atom stereocenters. The number of nitrogens with zero attached hydrogens (tertiary/aromatic N) is 3. The Morgan fingerprint density at radius 2 is 1.81 bits per heavy atom. The number of amides is 1. The molecule has 2 N–H and O–H groups in total. The van der Waals surface area contributed by atoms with Gasteiger partial charge in [-0.2, -0.15) is 4.98 Å². The number of thioether (sulfide) groups is 1. The minimum atomic E-state index is -0.645. The molecule has 1 aliphatic heterocycles. The molecule has 9 nitrogen and oxygen atoms in total. The summed E-state index contributed by atoms with van der Waals surface area (Å²) >= 11 is 17.8. The topological polar surface area (TPSA) is 99.5 Å². The van der Waals surface area contributed by atoms with Gasteiger partial charge in [0.05, 0.1) is 28.9 Å². The molecule has 0 saturated heterocycles. The van der Waals surface area contributed by atoms with E-state index in [9.17, 15) is 4.79 Å². The molecule has 5 rings (SSSR count). The van der Waals surface area contributed by atoms with Gasteiger partial charge >= 0.3 is 0 Å². The van der Waals surface area contributed by atoms with Crippen LogP contribution in [0.15, 0.2) is 75.5 Å². The molecule has 47 heavy (non-hydrogen) atoms. The van der Waals surface area contributed by atoms with Crippen molar-refractivity contribution in [1.82, 2.24) is 14.8 Å². The number of nitrogens with one attached hydrogen (secondary N) is 2. The number of para-hydroxylation sites is 2. The number of benzene rings is 3. The van der Waals surface area contributed by atoms with Gasteiger partial charge in [0.2, 0.25) is 11.1 Å². The average Bonchev–Trinajstić information content (AvgIpc) is 3.44. The van der Waals surface area contributed by atoms with Gasteiger partial charge in [-0.25, -0.2) is 4.68 Å². The third-order valence-electron chi connectivity index (χ3n) is 7.28. The molecule has 4 aromatic rings. The Hall–Kier alpha value is -3.38. The maximum atomic E-state index is 14.2. The number of fused-ring (bicyclic) bond motifs is 1. The zero-order valence-corrected chi connectivity index (χ0v) is 30.4. The van der Waals surface area contributed by atoms with Crippen LogP contribution in [0.5, 0.6) is 17.2 Å². The number of anilines is 2. The number of rotatable bonds is 14. The van der Waals surface area contributed by atoms with E-state index in [-0.39, 0.29) is 12.5 Å². The molecule has 1 amide bonds. The van der Waals surface area contributed by atoms with Crippen LogP contribution in [0, 0.1) is 0 Å². The second-order valence-corrected chi connectivity index (χ2v) is 13.4. The Kier molecular flexibility index (Phi) is 12.0. The van der Waals surface area contributed by atoms with Gasteiger partial charge in [-0.3, -0.25) is 4.79 Å². The van der Waals surface area contributed by atoms with Crippen molar-refractivity contribution in [2.45, 2.75) is 58.3 Å². The van der Waals surface area contributed by atoms with Crippen LogP contribution in [0.2, 0.25) is 10.0 Å². The highest BCUT2D eigenvalue weighted by Crippen LogP contribution is 2.44. The van der Waals surface area contributed by atoms with E-state index in [1.54, 1.807) is 28.6 Å². The van der Waals surface area contributed by atoms with Crippen LogP contribution in [0.1, 0.15) is 57.7 Å². The van der Waals surface area contributed by atoms with Gasteiger partial charge in [-0.1, -0.05) is 66.5 Å². The van der Waals surface area contributed by atoms with E-state index in [2.05, 4.69) is 33.5 Å². The molecule has 0 radical (unpaired) electrons. The molecule has 1 atom stereocenters. The van der Waals surface area contributed by atoms with Crippen molar-refractivity contribution in [2.24, 2.45) is 0 Å². The zero-order chi connectivity index (χ0) is 33.5. The fourth-order valence-corrected chi connectivity index (χ4v) is 7.03. The molecule has 0 aliphatic carbocycles. The third-order valence-corrected chi connectivity index (χ3v) is 9.38. The number of carbonyl (C=O) groups is 1. The molecule has 3 aromatic carbocycles. The van der Waals surface area contributed by atoms with Crippen LogP contribution >= 0.6 is 50.9 Å². The molecular formula is C34H36BrCl2N5O4S. The first-order valence-electron chi connectivity index (χ1n) is 15.4. The first-order chi connectivity index (χ1) is 22.7. The summed E-state index contributed by atoms with van der Waals surface area (Å²) in [7, 11) is 0. The van der Waals surface area contributed by atoms with E-state index in [1.165, 1.54) is 0 Å². The highest BCUT2D eigenvalue weighted by Gasteiger charge is 2.36. The van der Waals surface area contributed by atoms with Crippen molar-refractivity contribution in [3.05, 3.63) is 91.5 Å². The van der Waals surface area contributed by atoms with E-state index in [1.807, 2.05) is 63.2 Å². The lowest BCUT2D eigenvalue weighted by molar-refractivity contribution is -0.113. The molecule has 1 aromatic heterocycles. The number of hydrogen-bond acceptors (Lipinski definition) is 8. The lowest BCUT2D eigenvalue weighted by Gasteiger charge is -2.29. The number of aromatic nitrogens is 3. The summed E-state index contributed by atoms with van der Waals surface area (Å²) < 4.78 is 20.5. The van der Waals surface area contributed by atoms with Gasteiger partial charge in [0.1, 0.15) is 18.4 Å². The van der Waals surface area contributed by atoms with E-state index in [0.717, 1.165) is 29.7 Å². The second-order valence-electron chi connectivity index (χ2n) is 10.6. The van der Waals surface area contributed by atoms with E-state index < -0.39 is 6.04 Å². The maximum Gasteiger partial charge on any atom is 0.255 e. The summed E-state index contributed by atoms with van der Waals surface area (Å²) in [6.45, 7) is 8.87. The van der Waals surface area contributed by atoms with Crippen molar-refractivity contribution >= 4 is 68.4 Å². The van der Waals surface area contributed by atoms with Crippen molar-refractivity contribution < 1.29 is 19.0 Å². The molecule has 0 fully saturated rings. The van der Waals surface area contributed by atoms with Crippen LogP contribution in [-0.4, -0.2) is 39.6 Å². The summed E-state index contributed by atoms with van der Waals surface area (Å²) in [6.07, 6.45) is 2.12. The Labute approximate surface area is 297 Å². The predicted molar refractivity (Wildman–Crippen MR) is 192 cm³/mol. The molecule has 1 aliphatic rings. The van der Waals surface area contributed by atoms with Crippen LogP contribution in [0.3, 0.4) is 0 Å². The van der Waals surface area contributed by atoms with E-state index in [4.69, 9.17) is 47.5 Å². The van der Waals surface area contributed by atoms with Gasteiger partial charge in [-0.05, 0) is 85.1 Å². The van der Waals surface area contributed by atoms with E-state index in [0.29, 0.717) is 73.0 Å². The largest absolute Gasteiger partial charge is 0.492 e. The molecule has 13 heteroatoms. The number of unbranched alkanes of at least 4 members (excludes halogenated alkanes) is 1. The van der Waals surface area contributed by atoms with Gasteiger partial charge < -0.3 is 24.8 Å². The first kappa shape index (κ1) is 34.9. The Morgan fingerprint density at radius 1 is 1.04 bits per heavy atom. The molecule has 0 bridgehead atoms.